The standard InChI is InChI=1S/C21H22FN3O3S/c1-13-11-14(2)19(15(3)12-13)29(26,27)25-10-4-5-18(25)21-23-20(24-28-21)16-6-8-17(22)9-7-16/h6-9,11-12,18H,4-5,10H2,1-3H3. The monoisotopic (exact) mass is 415 g/mol. The molecule has 1 saturated heterocycles. The fourth-order valence-corrected chi connectivity index (χ4v) is 6.12. The summed E-state index contributed by atoms with van der Waals surface area (Å²) >= 11 is 0. The molecular formula is C21H22FN3O3S. The van der Waals surface area contributed by atoms with Crippen LogP contribution in [0.1, 0.15) is 41.5 Å². The number of nitrogens with zero attached hydrogens (tertiary/aromatic N) is 3. The van der Waals surface area contributed by atoms with Crippen molar-refractivity contribution in [2.24, 2.45) is 0 Å². The lowest BCUT2D eigenvalue weighted by Crippen LogP contribution is -2.32. The maximum absolute atomic E-state index is 13.5. The highest BCUT2D eigenvalue weighted by molar-refractivity contribution is 7.89. The predicted octanol–water partition coefficient (Wildman–Crippen LogP) is 4.33. The molecule has 1 fully saturated rings. The lowest BCUT2D eigenvalue weighted by Gasteiger charge is -2.23. The van der Waals surface area contributed by atoms with Crippen LogP contribution in [-0.4, -0.2) is 29.4 Å². The van der Waals surface area contributed by atoms with Gasteiger partial charge in [0.15, 0.2) is 0 Å². The van der Waals surface area contributed by atoms with Gasteiger partial charge in [0.05, 0.1) is 4.90 Å². The highest BCUT2D eigenvalue weighted by Gasteiger charge is 2.40. The molecule has 0 radical (unpaired) electrons. The Morgan fingerprint density at radius 1 is 1.10 bits per heavy atom. The minimum absolute atomic E-state index is 0.257. The summed E-state index contributed by atoms with van der Waals surface area (Å²) < 4.78 is 47.0. The zero-order valence-corrected chi connectivity index (χ0v) is 17.3. The Bertz CT molecular complexity index is 1130. The molecule has 29 heavy (non-hydrogen) atoms. The summed E-state index contributed by atoms with van der Waals surface area (Å²) in [5.41, 5.74) is 3.09. The van der Waals surface area contributed by atoms with Crippen molar-refractivity contribution < 1.29 is 17.3 Å². The van der Waals surface area contributed by atoms with Gasteiger partial charge in [-0.2, -0.15) is 9.29 Å². The van der Waals surface area contributed by atoms with Crippen molar-refractivity contribution in [2.45, 2.75) is 44.6 Å². The van der Waals surface area contributed by atoms with Crippen LogP contribution in [0.5, 0.6) is 0 Å². The largest absolute Gasteiger partial charge is 0.337 e. The molecule has 152 valence electrons. The summed E-state index contributed by atoms with van der Waals surface area (Å²) in [6.07, 6.45) is 1.32. The fraction of sp³-hybridized carbons (Fsp3) is 0.333. The van der Waals surface area contributed by atoms with Gasteiger partial charge in [0.1, 0.15) is 11.9 Å². The number of aromatic nitrogens is 2. The molecule has 0 saturated carbocycles. The Hall–Kier alpha value is -2.58. The highest BCUT2D eigenvalue weighted by Crippen LogP contribution is 2.38. The third-order valence-corrected chi connectivity index (χ3v) is 7.42. The van der Waals surface area contributed by atoms with E-state index in [1.807, 2.05) is 32.9 Å². The summed E-state index contributed by atoms with van der Waals surface area (Å²) in [5, 5.41) is 3.97. The third kappa shape index (κ3) is 3.58. The molecule has 3 aromatic rings. The van der Waals surface area contributed by atoms with Gasteiger partial charge in [-0.15, -0.1) is 0 Å². The van der Waals surface area contributed by atoms with Crippen molar-refractivity contribution in [1.82, 2.24) is 14.4 Å². The zero-order valence-electron chi connectivity index (χ0n) is 16.5. The van der Waals surface area contributed by atoms with Crippen molar-refractivity contribution in [1.29, 1.82) is 0 Å². The molecule has 6 nitrogen and oxygen atoms in total. The second-order valence-corrected chi connectivity index (χ2v) is 9.29. The van der Waals surface area contributed by atoms with Gasteiger partial charge in [0.25, 0.3) is 0 Å². The molecule has 8 heteroatoms. The number of aryl methyl sites for hydroxylation is 3. The molecule has 0 bridgehead atoms. The number of hydrogen-bond acceptors (Lipinski definition) is 5. The third-order valence-electron chi connectivity index (χ3n) is 5.20. The number of hydrogen-bond donors (Lipinski definition) is 0. The normalized spacial score (nSPS) is 17.7. The number of sulfonamides is 1. The van der Waals surface area contributed by atoms with Gasteiger partial charge in [-0.05, 0) is 69.0 Å². The van der Waals surface area contributed by atoms with Gasteiger partial charge in [-0.3, -0.25) is 0 Å². The van der Waals surface area contributed by atoms with Gasteiger partial charge < -0.3 is 4.52 Å². The van der Waals surface area contributed by atoms with Crippen molar-refractivity contribution in [3.8, 4) is 11.4 Å². The van der Waals surface area contributed by atoms with Crippen LogP contribution in [0.2, 0.25) is 0 Å². The van der Waals surface area contributed by atoms with E-state index in [4.69, 9.17) is 4.52 Å². The smallest absolute Gasteiger partial charge is 0.245 e. The SMILES string of the molecule is Cc1cc(C)c(S(=O)(=O)N2CCCC2c2nc(-c3ccc(F)cc3)no2)c(C)c1. The van der Waals surface area contributed by atoms with Crippen LogP contribution < -0.4 is 0 Å². The number of halogens is 1. The number of benzene rings is 2. The van der Waals surface area contributed by atoms with Crippen molar-refractivity contribution >= 4 is 10.0 Å². The maximum atomic E-state index is 13.5. The Kier molecular flexibility index (Phi) is 5.00. The molecule has 2 heterocycles. The second-order valence-electron chi connectivity index (χ2n) is 7.46. The van der Waals surface area contributed by atoms with Gasteiger partial charge >= 0.3 is 0 Å². The minimum Gasteiger partial charge on any atom is -0.337 e. The fourth-order valence-electron chi connectivity index (χ4n) is 4.05. The van der Waals surface area contributed by atoms with Gasteiger partial charge in [-0.25, -0.2) is 12.8 Å². The molecule has 1 aliphatic rings. The van der Waals surface area contributed by atoms with Crippen molar-refractivity contribution in [3.05, 3.63) is 64.8 Å². The van der Waals surface area contributed by atoms with E-state index in [1.165, 1.54) is 16.4 Å². The zero-order chi connectivity index (χ0) is 20.8. The van der Waals surface area contributed by atoms with Crippen LogP contribution >= 0.6 is 0 Å². The van der Waals surface area contributed by atoms with E-state index >= 15 is 0 Å². The molecule has 1 unspecified atom stereocenters. The summed E-state index contributed by atoms with van der Waals surface area (Å²) in [5.74, 6) is 0.217. The minimum atomic E-state index is -3.72. The molecular weight excluding hydrogens is 393 g/mol. The molecule has 0 N–H and O–H groups in total. The Morgan fingerprint density at radius 3 is 2.41 bits per heavy atom. The first-order chi connectivity index (χ1) is 13.8. The van der Waals surface area contributed by atoms with E-state index in [0.717, 1.165) is 16.7 Å². The molecule has 0 aliphatic carbocycles. The molecule has 1 aromatic heterocycles. The first-order valence-corrected chi connectivity index (χ1v) is 10.9. The number of rotatable bonds is 4. The summed E-state index contributed by atoms with van der Waals surface area (Å²) in [7, 11) is -3.72. The summed E-state index contributed by atoms with van der Waals surface area (Å²) in [6, 6.07) is 9.01. The first kappa shape index (κ1) is 19.7. The molecule has 2 aromatic carbocycles. The van der Waals surface area contributed by atoms with Gasteiger partial charge in [0.2, 0.25) is 21.7 Å². The predicted molar refractivity (Wildman–Crippen MR) is 106 cm³/mol. The average Bonchev–Trinajstić information content (AvgIpc) is 3.31. The van der Waals surface area contributed by atoms with Crippen LogP contribution in [0.15, 0.2) is 45.8 Å². The highest BCUT2D eigenvalue weighted by atomic mass is 32.2. The van der Waals surface area contributed by atoms with Gasteiger partial charge in [-0.1, -0.05) is 22.9 Å². The van der Waals surface area contributed by atoms with E-state index < -0.39 is 16.1 Å². The Balaban J connectivity index is 1.69. The Morgan fingerprint density at radius 2 is 1.76 bits per heavy atom. The van der Waals surface area contributed by atoms with Crippen molar-refractivity contribution in [3.63, 3.8) is 0 Å². The lowest BCUT2D eigenvalue weighted by atomic mass is 10.1. The van der Waals surface area contributed by atoms with E-state index in [0.29, 0.717) is 35.7 Å². The van der Waals surface area contributed by atoms with Crippen LogP contribution in [0.3, 0.4) is 0 Å². The Labute approximate surface area is 169 Å². The van der Waals surface area contributed by atoms with Crippen molar-refractivity contribution in [2.75, 3.05) is 6.54 Å². The van der Waals surface area contributed by atoms with E-state index in [9.17, 15) is 12.8 Å². The topological polar surface area (TPSA) is 76.3 Å². The van der Waals surface area contributed by atoms with E-state index in [1.54, 1.807) is 12.1 Å². The lowest BCUT2D eigenvalue weighted by molar-refractivity contribution is 0.290. The van der Waals surface area contributed by atoms with Crippen LogP contribution in [0.4, 0.5) is 4.39 Å². The summed E-state index contributed by atoms with van der Waals surface area (Å²) in [6.45, 7) is 5.98. The van der Waals surface area contributed by atoms with Crippen LogP contribution in [0.25, 0.3) is 11.4 Å². The van der Waals surface area contributed by atoms with Gasteiger partial charge in [0, 0.05) is 12.1 Å². The molecule has 0 spiro atoms. The van der Waals surface area contributed by atoms with Crippen LogP contribution in [-0.2, 0) is 10.0 Å². The second kappa shape index (κ2) is 7.35. The molecule has 1 atom stereocenters. The molecule has 0 amide bonds. The van der Waals surface area contributed by atoms with E-state index in [2.05, 4.69) is 10.1 Å². The average molecular weight is 415 g/mol. The van der Waals surface area contributed by atoms with Crippen LogP contribution in [0, 0.1) is 26.6 Å². The molecule has 4 rings (SSSR count). The van der Waals surface area contributed by atoms with E-state index in [-0.39, 0.29) is 11.7 Å². The maximum Gasteiger partial charge on any atom is 0.245 e. The summed E-state index contributed by atoms with van der Waals surface area (Å²) in [4.78, 5) is 4.74. The molecule has 1 aliphatic heterocycles. The quantitative estimate of drug-likeness (QED) is 0.634. The first-order valence-electron chi connectivity index (χ1n) is 9.46.